The minimum Gasteiger partial charge on any atom is -0.497 e. The van der Waals surface area contributed by atoms with Gasteiger partial charge in [0.15, 0.2) is 0 Å². The van der Waals surface area contributed by atoms with Crippen LogP contribution in [0.25, 0.3) is 11.1 Å². The number of nitrogens with zero attached hydrogens (tertiary/aromatic N) is 3. The fraction of sp³-hybridized carbons (Fsp3) is 0.452. The van der Waals surface area contributed by atoms with Crippen LogP contribution in [0.5, 0.6) is 11.5 Å². The first-order valence-electron chi connectivity index (χ1n) is 14.1. The first kappa shape index (κ1) is 28.5. The molecule has 218 valence electrons. The van der Waals surface area contributed by atoms with E-state index in [1.54, 1.807) is 13.3 Å². The second kappa shape index (κ2) is 12.2. The summed E-state index contributed by atoms with van der Waals surface area (Å²) >= 11 is 0. The van der Waals surface area contributed by atoms with Gasteiger partial charge in [0.1, 0.15) is 29.7 Å². The fourth-order valence-electron chi connectivity index (χ4n) is 5.27. The first-order valence-corrected chi connectivity index (χ1v) is 14.1. The summed E-state index contributed by atoms with van der Waals surface area (Å²) < 4.78 is 17.3. The average Bonchev–Trinajstić information content (AvgIpc) is 3.67. The van der Waals surface area contributed by atoms with Crippen molar-refractivity contribution in [1.29, 1.82) is 0 Å². The second-order valence-electron chi connectivity index (χ2n) is 11.5. The van der Waals surface area contributed by atoms with Gasteiger partial charge in [-0.25, -0.2) is 4.79 Å². The summed E-state index contributed by atoms with van der Waals surface area (Å²) in [5.74, 6) is 0.958. The van der Waals surface area contributed by atoms with Crippen LogP contribution in [0.2, 0.25) is 0 Å². The number of aromatic nitrogens is 2. The second-order valence-corrected chi connectivity index (χ2v) is 11.5. The van der Waals surface area contributed by atoms with Crippen LogP contribution in [0.1, 0.15) is 44.7 Å². The zero-order chi connectivity index (χ0) is 29.0. The molecular weight excluding hydrogens is 522 g/mol. The van der Waals surface area contributed by atoms with Gasteiger partial charge in [-0.3, -0.25) is 19.7 Å². The van der Waals surface area contributed by atoms with Gasteiger partial charge >= 0.3 is 6.09 Å². The molecular formula is C31H39N5O5. The number of nitrogens with one attached hydrogen (secondary N) is 2. The molecule has 0 radical (unpaired) electrons. The predicted octanol–water partition coefficient (Wildman–Crippen LogP) is 4.86. The number of rotatable bonds is 8. The Morgan fingerprint density at radius 3 is 2.59 bits per heavy atom. The third kappa shape index (κ3) is 7.00. The van der Waals surface area contributed by atoms with E-state index < -0.39 is 17.7 Å². The normalized spacial score (nSPS) is 17.2. The van der Waals surface area contributed by atoms with E-state index in [9.17, 15) is 9.59 Å². The summed E-state index contributed by atoms with van der Waals surface area (Å²) in [7, 11) is 1.61. The molecule has 1 fully saturated rings. The zero-order valence-corrected chi connectivity index (χ0v) is 24.2. The quantitative estimate of drug-likeness (QED) is 0.404. The Balaban J connectivity index is 1.40. The highest BCUT2D eigenvalue weighted by Crippen LogP contribution is 2.33. The van der Waals surface area contributed by atoms with E-state index in [0.29, 0.717) is 30.2 Å². The highest BCUT2D eigenvalue weighted by Gasteiger charge is 2.37. The summed E-state index contributed by atoms with van der Waals surface area (Å²) in [5.41, 5.74) is 3.60. The molecule has 0 aliphatic carbocycles. The number of ether oxygens (including phenoxy) is 3. The van der Waals surface area contributed by atoms with Gasteiger partial charge in [0.25, 0.3) is 0 Å². The van der Waals surface area contributed by atoms with Crippen LogP contribution in [0.3, 0.4) is 0 Å². The molecule has 5 rings (SSSR count). The Morgan fingerprint density at radius 2 is 1.88 bits per heavy atom. The molecule has 0 saturated carbocycles. The number of methoxy groups -OCH3 is 1. The third-order valence-corrected chi connectivity index (χ3v) is 7.41. The average molecular weight is 562 g/mol. The van der Waals surface area contributed by atoms with Crippen molar-refractivity contribution >= 4 is 17.7 Å². The van der Waals surface area contributed by atoms with Crippen LogP contribution < -0.4 is 14.8 Å². The molecule has 2 aromatic carbocycles. The van der Waals surface area contributed by atoms with E-state index in [0.717, 1.165) is 41.9 Å². The standard InChI is InChI=1S/C31H39N5O5/c1-31(2,3)41-30(38)36-20-22-7-9-25(39-4)15-23(22)16-27(36)29(37)34-26-10-8-21(24-18-32-33-19-24)17-28(26)40-14-13-35-11-5-6-12-35/h7-10,15,17-19,27H,5-6,11-14,16,20H2,1-4H3,(H,32,33)(H,34,37)/t27-/m1/s1. The molecule has 10 nitrogen and oxygen atoms in total. The lowest BCUT2D eigenvalue weighted by atomic mass is 9.93. The highest BCUT2D eigenvalue weighted by atomic mass is 16.6. The van der Waals surface area contributed by atoms with Crippen LogP contribution >= 0.6 is 0 Å². The number of amides is 2. The summed E-state index contributed by atoms with van der Waals surface area (Å²) in [6.07, 6.45) is 5.78. The van der Waals surface area contributed by atoms with Gasteiger partial charge in [-0.15, -0.1) is 0 Å². The maximum atomic E-state index is 13.9. The predicted molar refractivity (Wildman–Crippen MR) is 156 cm³/mol. The van der Waals surface area contributed by atoms with Crippen LogP contribution in [0, 0.1) is 0 Å². The van der Waals surface area contributed by atoms with Crippen LogP contribution in [0.15, 0.2) is 48.8 Å². The highest BCUT2D eigenvalue weighted by molar-refractivity contribution is 5.98. The van der Waals surface area contributed by atoms with E-state index in [-0.39, 0.29) is 12.5 Å². The number of carbonyl (C=O) groups excluding carboxylic acids is 2. The lowest BCUT2D eigenvalue weighted by Gasteiger charge is -2.37. The number of fused-ring (bicyclic) bond motifs is 1. The molecule has 10 heteroatoms. The Hall–Kier alpha value is -4.05. The van der Waals surface area contributed by atoms with Crippen molar-refractivity contribution in [2.45, 2.75) is 58.2 Å². The maximum absolute atomic E-state index is 13.9. The van der Waals surface area contributed by atoms with Crippen molar-refractivity contribution in [3.8, 4) is 22.6 Å². The van der Waals surface area contributed by atoms with Gasteiger partial charge in [-0.1, -0.05) is 12.1 Å². The zero-order valence-electron chi connectivity index (χ0n) is 24.2. The number of likely N-dealkylation sites (tertiary alicyclic amines) is 1. The molecule has 2 N–H and O–H groups in total. The Kier molecular flexibility index (Phi) is 8.49. The summed E-state index contributed by atoms with van der Waals surface area (Å²) in [5, 5.41) is 9.95. The number of hydrogen-bond donors (Lipinski definition) is 2. The molecule has 2 amide bonds. The number of H-pyrrole nitrogens is 1. The molecule has 0 bridgehead atoms. The van der Waals surface area contributed by atoms with E-state index in [2.05, 4.69) is 20.4 Å². The summed E-state index contributed by atoms with van der Waals surface area (Å²) in [6, 6.07) is 10.6. The monoisotopic (exact) mass is 561 g/mol. The molecule has 1 aromatic heterocycles. The lowest BCUT2D eigenvalue weighted by Crippen LogP contribution is -2.52. The van der Waals surface area contributed by atoms with Crippen molar-refractivity contribution in [2.24, 2.45) is 0 Å². The van der Waals surface area contributed by atoms with Crippen LogP contribution in [-0.2, 0) is 22.5 Å². The SMILES string of the molecule is COc1ccc2c(c1)C[C@H](C(=O)Nc1ccc(-c3cn[nH]c3)cc1OCCN1CCCC1)N(C(=O)OC(C)(C)C)C2. The van der Waals surface area contributed by atoms with E-state index in [1.165, 1.54) is 17.7 Å². The van der Waals surface area contributed by atoms with E-state index in [4.69, 9.17) is 14.2 Å². The van der Waals surface area contributed by atoms with Crippen molar-refractivity contribution in [3.63, 3.8) is 0 Å². The fourth-order valence-corrected chi connectivity index (χ4v) is 5.27. The number of hydrogen-bond acceptors (Lipinski definition) is 7. The van der Waals surface area contributed by atoms with Crippen molar-refractivity contribution in [3.05, 3.63) is 59.9 Å². The van der Waals surface area contributed by atoms with Crippen molar-refractivity contribution in [1.82, 2.24) is 20.0 Å². The van der Waals surface area contributed by atoms with Gasteiger partial charge in [-0.2, -0.15) is 5.10 Å². The molecule has 3 aromatic rings. The summed E-state index contributed by atoms with van der Waals surface area (Å²) in [6.45, 7) is 9.18. The molecule has 0 unspecified atom stereocenters. The van der Waals surface area contributed by atoms with Crippen LogP contribution in [-0.4, -0.2) is 77.0 Å². The van der Waals surface area contributed by atoms with Gasteiger partial charge < -0.3 is 19.5 Å². The first-order chi connectivity index (χ1) is 19.7. The number of aromatic amines is 1. The molecule has 2 aliphatic heterocycles. The third-order valence-electron chi connectivity index (χ3n) is 7.41. The Morgan fingerprint density at radius 1 is 1.07 bits per heavy atom. The van der Waals surface area contributed by atoms with Crippen LogP contribution in [0.4, 0.5) is 10.5 Å². The van der Waals surface area contributed by atoms with Gasteiger partial charge in [0.2, 0.25) is 5.91 Å². The Bertz CT molecular complexity index is 1360. The molecule has 1 saturated heterocycles. The van der Waals surface area contributed by atoms with E-state index >= 15 is 0 Å². The van der Waals surface area contributed by atoms with Crippen molar-refractivity contribution in [2.75, 3.05) is 38.7 Å². The van der Waals surface area contributed by atoms with Gasteiger partial charge in [0.05, 0.1) is 25.5 Å². The van der Waals surface area contributed by atoms with Gasteiger partial charge in [0, 0.05) is 24.7 Å². The smallest absolute Gasteiger partial charge is 0.411 e. The molecule has 2 aliphatic rings. The van der Waals surface area contributed by atoms with Gasteiger partial charge in [-0.05, 0) is 87.7 Å². The van der Waals surface area contributed by atoms with E-state index in [1.807, 2.05) is 63.4 Å². The minimum absolute atomic E-state index is 0.255. The minimum atomic E-state index is -0.782. The molecule has 0 spiro atoms. The number of benzene rings is 2. The number of anilines is 1. The topological polar surface area (TPSA) is 109 Å². The van der Waals surface area contributed by atoms with Crippen molar-refractivity contribution < 1.29 is 23.8 Å². The Labute approximate surface area is 241 Å². The molecule has 41 heavy (non-hydrogen) atoms. The molecule has 3 heterocycles. The largest absolute Gasteiger partial charge is 0.497 e. The number of carbonyl (C=O) groups is 2. The molecule has 1 atom stereocenters. The lowest BCUT2D eigenvalue weighted by molar-refractivity contribution is -0.121. The maximum Gasteiger partial charge on any atom is 0.411 e. The summed E-state index contributed by atoms with van der Waals surface area (Å²) in [4.78, 5) is 31.1.